The van der Waals surface area contributed by atoms with Crippen LogP contribution in [-0.4, -0.2) is 42.4 Å². The summed E-state index contributed by atoms with van der Waals surface area (Å²) in [7, 11) is 4.98. The van der Waals surface area contributed by atoms with E-state index in [2.05, 4.69) is 15.6 Å². The van der Waals surface area contributed by atoms with Crippen molar-refractivity contribution in [2.75, 3.05) is 26.1 Å². The molecule has 0 aliphatic rings. The number of hydrogen-bond acceptors (Lipinski definition) is 6. The first kappa shape index (κ1) is 22.7. The number of methoxy groups -OCH3 is 2. The van der Waals surface area contributed by atoms with Gasteiger partial charge >= 0.3 is 6.09 Å². The van der Waals surface area contributed by atoms with E-state index in [1.54, 1.807) is 63.9 Å². The molecule has 0 aliphatic heterocycles. The average molecular weight is 438 g/mol. The van der Waals surface area contributed by atoms with Gasteiger partial charge in [-0.25, -0.2) is 9.78 Å². The Hall–Kier alpha value is -4.01. The van der Waals surface area contributed by atoms with Crippen LogP contribution in [0.2, 0.25) is 0 Å². The first-order valence-electron chi connectivity index (χ1n) is 10.00. The Balaban J connectivity index is 1.92. The number of carbonyl (C=O) groups is 2. The lowest BCUT2D eigenvalue weighted by Crippen LogP contribution is -2.31. The van der Waals surface area contributed by atoms with Crippen LogP contribution in [0.1, 0.15) is 34.7 Å². The average Bonchev–Trinajstić information content (AvgIpc) is 3.22. The topological polar surface area (TPSA) is 104 Å². The number of hydrogen-bond donors (Lipinski definition) is 2. The lowest BCUT2D eigenvalue weighted by molar-refractivity contribution is 0.0941. The van der Waals surface area contributed by atoms with E-state index in [1.165, 1.54) is 0 Å². The molecule has 2 amide bonds. The first-order valence-corrected chi connectivity index (χ1v) is 10.00. The van der Waals surface area contributed by atoms with Gasteiger partial charge in [0.2, 0.25) is 0 Å². The maximum atomic E-state index is 13.2. The summed E-state index contributed by atoms with van der Waals surface area (Å²) in [5, 5.41) is 5.62. The van der Waals surface area contributed by atoms with Gasteiger partial charge in [0.1, 0.15) is 23.4 Å². The SMILES string of the molecule is CCOC(=O)Nc1cccc(C(=O)NC(c2cc(OC)cc(OC)c2)c2nccn2C)c1. The molecule has 168 valence electrons. The molecule has 1 atom stereocenters. The first-order chi connectivity index (χ1) is 15.4. The van der Waals surface area contributed by atoms with Crippen molar-refractivity contribution in [3.05, 3.63) is 71.8 Å². The third-order valence-corrected chi connectivity index (χ3v) is 4.75. The zero-order valence-corrected chi connectivity index (χ0v) is 18.4. The maximum Gasteiger partial charge on any atom is 0.411 e. The zero-order valence-electron chi connectivity index (χ0n) is 18.4. The molecule has 9 heteroatoms. The third-order valence-electron chi connectivity index (χ3n) is 4.75. The van der Waals surface area contributed by atoms with Gasteiger partial charge in [0.15, 0.2) is 0 Å². The second-order valence-corrected chi connectivity index (χ2v) is 6.88. The molecule has 0 aliphatic carbocycles. The van der Waals surface area contributed by atoms with Crippen LogP contribution in [0.3, 0.4) is 0 Å². The highest BCUT2D eigenvalue weighted by atomic mass is 16.5. The number of amides is 2. The van der Waals surface area contributed by atoms with E-state index in [0.29, 0.717) is 28.6 Å². The van der Waals surface area contributed by atoms with Gasteiger partial charge in [-0.15, -0.1) is 0 Å². The van der Waals surface area contributed by atoms with Crippen molar-refractivity contribution in [3.63, 3.8) is 0 Å². The van der Waals surface area contributed by atoms with Crippen LogP contribution >= 0.6 is 0 Å². The molecule has 0 radical (unpaired) electrons. The molecule has 0 fully saturated rings. The monoisotopic (exact) mass is 438 g/mol. The number of aryl methyl sites for hydroxylation is 1. The van der Waals surface area contributed by atoms with Gasteiger partial charge in [-0.2, -0.15) is 0 Å². The van der Waals surface area contributed by atoms with Crippen molar-refractivity contribution >= 4 is 17.7 Å². The third kappa shape index (κ3) is 5.37. The predicted molar refractivity (Wildman–Crippen MR) is 119 cm³/mol. The normalized spacial score (nSPS) is 11.4. The van der Waals surface area contributed by atoms with Crippen LogP contribution in [0.4, 0.5) is 10.5 Å². The van der Waals surface area contributed by atoms with Gasteiger partial charge < -0.3 is 24.1 Å². The van der Waals surface area contributed by atoms with E-state index in [4.69, 9.17) is 14.2 Å². The predicted octanol–water partition coefficient (Wildman–Crippen LogP) is 3.53. The van der Waals surface area contributed by atoms with Crippen LogP contribution in [0, 0.1) is 0 Å². The van der Waals surface area contributed by atoms with Crippen LogP contribution < -0.4 is 20.1 Å². The molecule has 1 unspecified atom stereocenters. The van der Waals surface area contributed by atoms with E-state index in [0.717, 1.165) is 5.56 Å². The molecule has 3 rings (SSSR count). The van der Waals surface area contributed by atoms with E-state index in [9.17, 15) is 9.59 Å². The highest BCUT2D eigenvalue weighted by Gasteiger charge is 2.23. The summed E-state index contributed by atoms with van der Waals surface area (Å²) in [6, 6.07) is 11.4. The molecular formula is C23H26N4O5. The largest absolute Gasteiger partial charge is 0.497 e. The summed E-state index contributed by atoms with van der Waals surface area (Å²) in [6.45, 7) is 1.97. The number of aromatic nitrogens is 2. The van der Waals surface area contributed by atoms with E-state index >= 15 is 0 Å². The smallest absolute Gasteiger partial charge is 0.411 e. The molecule has 2 N–H and O–H groups in total. The van der Waals surface area contributed by atoms with Gasteiger partial charge in [-0.05, 0) is 42.8 Å². The van der Waals surface area contributed by atoms with Gasteiger partial charge in [0, 0.05) is 36.8 Å². The molecule has 1 aromatic heterocycles. The highest BCUT2D eigenvalue weighted by molar-refractivity contribution is 5.96. The van der Waals surface area contributed by atoms with E-state index in [-0.39, 0.29) is 12.5 Å². The summed E-state index contributed by atoms with van der Waals surface area (Å²) < 4.78 is 17.5. The Morgan fingerprint density at radius 2 is 1.81 bits per heavy atom. The second-order valence-electron chi connectivity index (χ2n) is 6.88. The van der Waals surface area contributed by atoms with Gasteiger partial charge in [0.25, 0.3) is 5.91 Å². The summed E-state index contributed by atoms with van der Waals surface area (Å²) in [4.78, 5) is 29.3. The molecule has 2 aromatic carbocycles. The van der Waals surface area contributed by atoms with Gasteiger partial charge in [0.05, 0.1) is 20.8 Å². The molecule has 0 saturated carbocycles. The number of nitrogens with one attached hydrogen (secondary N) is 2. The Morgan fingerprint density at radius 3 is 2.41 bits per heavy atom. The summed E-state index contributed by atoms with van der Waals surface area (Å²) in [6.07, 6.45) is 2.88. The molecule has 3 aromatic rings. The Labute approximate surface area is 186 Å². The summed E-state index contributed by atoms with van der Waals surface area (Å²) in [5.41, 5.74) is 1.56. The molecule has 1 heterocycles. The standard InChI is InChI=1S/C23H26N4O5/c1-5-32-23(29)25-17-8-6-7-15(11-17)22(28)26-20(21-24-9-10-27(21)2)16-12-18(30-3)14-19(13-16)31-4/h6-14,20H,5H2,1-4H3,(H,25,29)(H,26,28). The Kier molecular flexibility index (Phi) is 7.33. The van der Waals surface area contributed by atoms with Crippen LogP contribution in [0.15, 0.2) is 54.9 Å². The lowest BCUT2D eigenvalue weighted by Gasteiger charge is -2.21. The van der Waals surface area contributed by atoms with Crippen LogP contribution in [0.25, 0.3) is 0 Å². The van der Waals surface area contributed by atoms with Crippen molar-refractivity contribution < 1.29 is 23.8 Å². The molecule has 0 bridgehead atoms. The quantitative estimate of drug-likeness (QED) is 0.558. The fraction of sp³-hybridized carbons (Fsp3) is 0.261. The van der Waals surface area contributed by atoms with Crippen molar-refractivity contribution in [2.24, 2.45) is 7.05 Å². The minimum absolute atomic E-state index is 0.251. The summed E-state index contributed by atoms with van der Waals surface area (Å²) >= 11 is 0. The minimum atomic E-state index is -0.584. The van der Waals surface area contributed by atoms with Crippen LogP contribution in [0.5, 0.6) is 11.5 Å². The lowest BCUT2D eigenvalue weighted by atomic mass is 10.0. The minimum Gasteiger partial charge on any atom is -0.497 e. The molecular weight excluding hydrogens is 412 g/mol. The number of nitrogens with zero attached hydrogens (tertiary/aromatic N) is 2. The molecule has 0 spiro atoms. The number of carbonyl (C=O) groups excluding carboxylic acids is 2. The number of ether oxygens (including phenoxy) is 3. The van der Waals surface area contributed by atoms with E-state index < -0.39 is 12.1 Å². The number of benzene rings is 2. The number of anilines is 1. The summed E-state index contributed by atoms with van der Waals surface area (Å²) in [5.74, 6) is 1.48. The van der Waals surface area contributed by atoms with Crippen molar-refractivity contribution in [3.8, 4) is 11.5 Å². The van der Waals surface area contributed by atoms with Crippen molar-refractivity contribution in [2.45, 2.75) is 13.0 Å². The Morgan fingerprint density at radius 1 is 1.09 bits per heavy atom. The molecule has 9 nitrogen and oxygen atoms in total. The van der Waals surface area contributed by atoms with Crippen molar-refractivity contribution in [1.29, 1.82) is 0 Å². The Bertz CT molecular complexity index is 1070. The fourth-order valence-corrected chi connectivity index (χ4v) is 3.19. The number of rotatable bonds is 8. The second kappa shape index (κ2) is 10.3. The van der Waals surface area contributed by atoms with Gasteiger partial charge in [-0.1, -0.05) is 6.07 Å². The molecule has 0 saturated heterocycles. The highest BCUT2D eigenvalue weighted by Crippen LogP contribution is 2.29. The van der Waals surface area contributed by atoms with Crippen molar-refractivity contribution in [1.82, 2.24) is 14.9 Å². The van der Waals surface area contributed by atoms with Crippen LogP contribution in [-0.2, 0) is 11.8 Å². The number of imidazole rings is 1. The van der Waals surface area contributed by atoms with Gasteiger partial charge in [-0.3, -0.25) is 10.1 Å². The fourth-order valence-electron chi connectivity index (χ4n) is 3.19. The maximum absolute atomic E-state index is 13.2. The molecule has 32 heavy (non-hydrogen) atoms. The zero-order chi connectivity index (χ0) is 23.1. The van der Waals surface area contributed by atoms with E-state index in [1.807, 2.05) is 23.7 Å².